The van der Waals surface area contributed by atoms with E-state index < -0.39 is 0 Å². The molecule has 1 aromatic heterocycles. The van der Waals surface area contributed by atoms with E-state index in [0.29, 0.717) is 18.1 Å². The molecule has 13 heavy (non-hydrogen) atoms. The number of hydrogen-bond donors (Lipinski definition) is 1. The first-order valence-electron chi connectivity index (χ1n) is 3.72. The van der Waals surface area contributed by atoms with Gasteiger partial charge in [0, 0.05) is 13.3 Å². The molecule has 0 bridgehead atoms. The van der Waals surface area contributed by atoms with Crippen molar-refractivity contribution in [2.45, 2.75) is 0 Å². The molecule has 0 unspecified atom stereocenters. The van der Waals surface area contributed by atoms with E-state index in [1.54, 1.807) is 18.2 Å². The summed E-state index contributed by atoms with van der Waals surface area (Å²) in [6, 6.07) is 0. The molecule has 0 radical (unpaired) electrons. The molecule has 1 aliphatic heterocycles. The zero-order valence-corrected chi connectivity index (χ0v) is 7.67. The average Bonchev–Trinajstić information content (AvgIpc) is 2.02. The lowest BCUT2D eigenvalue weighted by molar-refractivity contribution is 0.982. The van der Waals surface area contributed by atoms with Crippen LogP contribution in [0.15, 0.2) is 9.79 Å². The molecule has 2 heterocycles. The van der Waals surface area contributed by atoms with Crippen LogP contribution in [0.2, 0.25) is 5.28 Å². The highest BCUT2D eigenvalue weighted by atomic mass is 35.5. The van der Waals surface area contributed by atoms with E-state index >= 15 is 0 Å². The van der Waals surface area contributed by atoms with Gasteiger partial charge in [0.2, 0.25) is 5.28 Å². The van der Waals surface area contributed by atoms with Crippen LogP contribution in [0, 0.1) is 0 Å². The largest absolute Gasteiger partial charge is 0.362 e. The molecular formula is C7H7ClN4O. The van der Waals surface area contributed by atoms with E-state index in [1.165, 1.54) is 0 Å². The zero-order valence-electron chi connectivity index (χ0n) is 6.91. The maximum Gasteiger partial charge on any atom is 0.277 e. The summed E-state index contributed by atoms with van der Waals surface area (Å²) < 4.78 is 0. The third-order valence-corrected chi connectivity index (χ3v) is 1.98. The number of halogens is 1. The summed E-state index contributed by atoms with van der Waals surface area (Å²) >= 11 is 5.57. The van der Waals surface area contributed by atoms with Crippen LogP contribution in [-0.2, 0) is 0 Å². The highest BCUT2D eigenvalue weighted by Crippen LogP contribution is 2.23. The predicted molar refractivity (Wildman–Crippen MR) is 51.3 cm³/mol. The maximum atomic E-state index is 11.4. The van der Waals surface area contributed by atoms with Gasteiger partial charge in [0.1, 0.15) is 5.69 Å². The first-order chi connectivity index (χ1) is 6.18. The average molecular weight is 199 g/mol. The predicted octanol–water partition coefficient (Wildman–Crippen LogP) is 0.575. The molecular weight excluding hydrogens is 192 g/mol. The third-order valence-electron chi connectivity index (χ3n) is 1.80. The fourth-order valence-electron chi connectivity index (χ4n) is 1.20. The number of H-pyrrole nitrogens is 1. The summed E-state index contributed by atoms with van der Waals surface area (Å²) in [5.41, 5.74) is 0.209. The number of anilines is 1. The summed E-state index contributed by atoms with van der Waals surface area (Å²) in [6.45, 7) is 0.611. The second-order valence-corrected chi connectivity index (χ2v) is 3.08. The van der Waals surface area contributed by atoms with E-state index in [2.05, 4.69) is 15.0 Å². The van der Waals surface area contributed by atoms with Crippen molar-refractivity contribution in [1.29, 1.82) is 0 Å². The first-order valence-corrected chi connectivity index (χ1v) is 4.10. The Kier molecular flexibility index (Phi) is 1.81. The van der Waals surface area contributed by atoms with E-state index in [1.807, 2.05) is 0 Å². The Balaban J connectivity index is 2.72. The number of hydrogen-bond acceptors (Lipinski definition) is 4. The van der Waals surface area contributed by atoms with Crippen molar-refractivity contribution in [3.63, 3.8) is 0 Å². The molecule has 0 saturated heterocycles. The van der Waals surface area contributed by atoms with Gasteiger partial charge in [-0.25, -0.2) is 4.99 Å². The zero-order chi connectivity index (χ0) is 9.42. The van der Waals surface area contributed by atoms with Crippen LogP contribution in [0.5, 0.6) is 0 Å². The maximum absolute atomic E-state index is 11.4. The molecule has 0 atom stereocenters. The molecule has 0 aliphatic carbocycles. The van der Waals surface area contributed by atoms with Gasteiger partial charge in [0.25, 0.3) is 5.56 Å². The lowest BCUT2D eigenvalue weighted by Crippen LogP contribution is -2.29. The molecule has 0 spiro atoms. The van der Waals surface area contributed by atoms with Crippen LogP contribution in [0.1, 0.15) is 0 Å². The lowest BCUT2D eigenvalue weighted by Gasteiger charge is -2.20. The Morgan fingerprint density at radius 3 is 3.23 bits per heavy atom. The van der Waals surface area contributed by atoms with Crippen LogP contribution in [0.3, 0.4) is 0 Å². The molecule has 0 amide bonds. The molecule has 1 N–H and O–H groups in total. The molecule has 0 saturated carbocycles. The molecule has 5 nitrogen and oxygen atoms in total. The van der Waals surface area contributed by atoms with Gasteiger partial charge in [-0.15, -0.1) is 0 Å². The number of aromatic nitrogens is 2. The molecule has 1 aromatic rings. The summed E-state index contributed by atoms with van der Waals surface area (Å²) in [4.78, 5) is 23.5. The van der Waals surface area contributed by atoms with Crippen molar-refractivity contribution >= 4 is 29.3 Å². The minimum Gasteiger partial charge on any atom is -0.362 e. The van der Waals surface area contributed by atoms with Crippen molar-refractivity contribution in [2.75, 3.05) is 18.5 Å². The van der Waals surface area contributed by atoms with Crippen molar-refractivity contribution < 1.29 is 0 Å². The van der Waals surface area contributed by atoms with Gasteiger partial charge in [-0.3, -0.25) is 9.78 Å². The Morgan fingerprint density at radius 2 is 2.46 bits per heavy atom. The van der Waals surface area contributed by atoms with Gasteiger partial charge in [-0.1, -0.05) is 0 Å². The monoisotopic (exact) mass is 198 g/mol. The van der Waals surface area contributed by atoms with E-state index in [0.717, 1.165) is 0 Å². The van der Waals surface area contributed by atoms with Gasteiger partial charge >= 0.3 is 0 Å². The van der Waals surface area contributed by atoms with Crippen molar-refractivity contribution in [2.24, 2.45) is 4.99 Å². The van der Waals surface area contributed by atoms with Crippen molar-refractivity contribution in [3.8, 4) is 0 Å². The summed E-state index contributed by atoms with van der Waals surface area (Å²) in [7, 11) is 1.80. The SMILES string of the molecule is CN1CC=Nc2nc(Cl)[nH]c(=O)c21. The molecule has 6 heteroatoms. The molecule has 2 rings (SSSR count). The Labute approximate surface area is 79.1 Å². The van der Waals surface area contributed by atoms with Gasteiger partial charge in [0.15, 0.2) is 5.82 Å². The van der Waals surface area contributed by atoms with E-state index in [-0.39, 0.29) is 10.8 Å². The number of aromatic amines is 1. The number of nitrogens with zero attached hydrogens (tertiary/aromatic N) is 3. The topological polar surface area (TPSA) is 61.4 Å². The number of nitrogens with one attached hydrogen (secondary N) is 1. The molecule has 1 aliphatic rings. The minimum absolute atomic E-state index is 0.0659. The Bertz CT molecular complexity index is 425. The van der Waals surface area contributed by atoms with Crippen LogP contribution in [0.4, 0.5) is 11.5 Å². The minimum atomic E-state index is -0.255. The molecule has 0 aromatic carbocycles. The van der Waals surface area contributed by atoms with Crippen LogP contribution in [-0.4, -0.2) is 29.8 Å². The van der Waals surface area contributed by atoms with Gasteiger partial charge in [-0.05, 0) is 11.6 Å². The highest BCUT2D eigenvalue weighted by molar-refractivity contribution is 6.28. The number of rotatable bonds is 0. The standard InChI is InChI=1S/C7H7ClN4O/c1-12-3-2-9-5-4(12)6(13)11-7(8)10-5/h2H,3H2,1H3,(H,10,11,13). The van der Waals surface area contributed by atoms with Crippen LogP contribution < -0.4 is 10.5 Å². The quantitative estimate of drug-likeness (QED) is 0.621. The normalized spacial score (nSPS) is 14.5. The molecule has 68 valence electrons. The van der Waals surface area contributed by atoms with Crippen molar-refractivity contribution in [3.05, 3.63) is 15.6 Å². The Hall–Kier alpha value is -1.36. The second kappa shape index (κ2) is 2.85. The Morgan fingerprint density at radius 1 is 1.69 bits per heavy atom. The second-order valence-electron chi connectivity index (χ2n) is 2.72. The van der Waals surface area contributed by atoms with Gasteiger partial charge in [0.05, 0.1) is 6.54 Å². The van der Waals surface area contributed by atoms with E-state index in [9.17, 15) is 4.79 Å². The first kappa shape index (κ1) is 8.25. The van der Waals surface area contributed by atoms with E-state index in [4.69, 9.17) is 11.6 Å². The highest BCUT2D eigenvalue weighted by Gasteiger charge is 2.16. The fraction of sp³-hybridized carbons (Fsp3) is 0.286. The fourth-order valence-corrected chi connectivity index (χ4v) is 1.37. The van der Waals surface area contributed by atoms with Crippen LogP contribution in [0.25, 0.3) is 0 Å². The summed E-state index contributed by atoms with van der Waals surface area (Å²) in [5, 5.41) is 0.0659. The van der Waals surface area contributed by atoms with Gasteiger partial charge in [-0.2, -0.15) is 4.98 Å². The number of aliphatic imine (C=N–C) groups is 1. The lowest BCUT2D eigenvalue weighted by atomic mass is 10.3. The third kappa shape index (κ3) is 1.31. The number of fused-ring (bicyclic) bond motifs is 1. The summed E-state index contributed by atoms with van der Waals surface area (Å²) in [6.07, 6.45) is 1.69. The van der Waals surface area contributed by atoms with Crippen molar-refractivity contribution in [1.82, 2.24) is 9.97 Å². The smallest absolute Gasteiger partial charge is 0.277 e. The van der Waals surface area contributed by atoms with Crippen LogP contribution >= 0.6 is 11.6 Å². The van der Waals surface area contributed by atoms with Gasteiger partial charge < -0.3 is 4.90 Å². The molecule has 0 fully saturated rings. The summed E-state index contributed by atoms with van der Waals surface area (Å²) in [5.74, 6) is 0.377.